The predicted octanol–water partition coefficient (Wildman–Crippen LogP) is 2.21. The number of para-hydroxylation sites is 1. The Hall–Kier alpha value is -1.36. The molecule has 98 valence electrons. The molecule has 0 spiro atoms. The average Bonchev–Trinajstić information content (AvgIpc) is 2.50. The van der Waals surface area contributed by atoms with E-state index < -0.39 is 10.0 Å². The number of hydrogen-bond acceptors (Lipinski definition) is 3. The number of fused-ring (bicyclic) bond motifs is 1. The van der Waals surface area contributed by atoms with E-state index in [0.717, 1.165) is 0 Å². The summed E-state index contributed by atoms with van der Waals surface area (Å²) in [5.41, 5.74) is 1.06. The van der Waals surface area contributed by atoms with Crippen LogP contribution in [0.4, 0.5) is 5.69 Å². The largest absolute Gasteiger partial charge is 0.294 e. The van der Waals surface area contributed by atoms with Crippen molar-refractivity contribution in [2.75, 3.05) is 16.6 Å². The van der Waals surface area contributed by atoms with Gasteiger partial charge in [0.1, 0.15) is 0 Å². The van der Waals surface area contributed by atoms with Crippen LogP contribution in [0.5, 0.6) is 0 Å². The summed E-state index contributed by atoms with van der Waals surface area (Å²) in [5.74, 6) is 0.148. The van der Waals surface area contributed by atoms with Crippen molar-refractivity contribution in [2.45, 2.75) is 26.2 Å². The van der Waals surface area contributed by atoms with Crippen LogP contribution in [-0.4, -0.2) is 26.5 Å². The van der Waals surface area contributed by atoms with Crippen LogP contribution < -0.4 is 4.31 Å². The summed E-state index contributed by atoms with van der Waals surface area (Å²) in [5, 5.41) is 0. The number of benzene rings is 1. The first-order valence-electron chi connectivity index (χ1n) is 6.19. The van der Waals surface area contributed by atoms with Crippen molar-refractivity contribution in [3.63, 3.8) is 0 Å². The highest BCUT2D eigenvalue weighted by atomic mass is 32.2. The van der Waals surface area contributed by atoms with Gasteiger partial charge in [0.05, 0.1) is 11.4 Å². The van der Waals surface area contributed by atoms with Crippen LogP contribution in [0.1, 0.15) is 36.5 Å². The fourth-order valence-electron chi connectivity index (χ4n) is 2.22. The molecule has 4 nitrogen and oxygen atoms in total. The average molecular weight is 267 g/mol. The lowest BCUT2D eigenvalue weighted by atomic mass is 10.1. The molecular weight excluding hydrogens is 250 g/mol. The summed E-state index contributed by atoms with van der Waals surface area (Å²) in [6.45, 7) is 2.23. The van der Waals surface area contributed by atoms with Gasteiger partial charge in [0.2, 0.25) is 10.0 Å². The first-order valence-corrected chi connectivity index (χ1v) is 7.80. The molecule has 0 saturated heterocycles. The molecule has 5 heteroatoms. The highest BCUT2D eigenvalue weighted by molar-refractivity contribution is 7.92. The van der Waals surface area contributed by atoms with Gasteiger partial charge in [-0.15, -0.1) is 0 Å². The van der Waals surface area contributed by atoms with Crippen molar-refractivity contribution in [2.24, 2.45) is 0 Å². The summed E-state index contributed by atoms with van der Waals surface area (Å²) in [7, 11) is -3.31. The van der Waals surface area contributed by atoms with Gasteiger partial charge in [-0.25, -0.2) is 8.42 Å². The Labute approximate surface area is 108 Å². The van der Waals surface area contributed by atoms with Gasteiger partial charge in [0.25, 0.3) is 0 Å². The molecule has 1 heterocycles. The molecule has 1 aliphatic rings. The Bertz CT molecular complexity index is 551. The van der Waals surface area contributed by atoms with Crippen LogP contribution in [0.25, 0.3) is 0 Å². The molecule has 0 aliphatic carbocycles. The number of Topliss-reactive ketones (excluding diaryl/α,β-unsaturated/α-hetero) is 1. The fourth-order valence-corrected chi connectivity index (χ4v) is 3.82. The predicted molar refractivity (Wildman–Crippen MR) is 71.4 cm³/mol. The van der Waals surface area contributed by atoms with Crippen molar-refractivity contribution in [1.82, 2.24) is 0 Å². The van der Waals surface area contributed by atoms with Gasteiger partial charge in [-0.3, -0.25) is 9.10 Å². The first-order chi connectivity index (χ1) is 8.56. The smallest absolute Gasteiger partial charge is 0.235 e. The van der Waals surface area contributed by atoms with E-state index in [-0.39, 0.29) is 11.5 Å². The number of rotatable bonds is 3. The van der Waals surface area contributed by atoms with Gasteiger partial charge >= 0.3 is 0 Å². The quantitative estimate of drug-likeness (QED) is 0.843. The van der Waals surface area contributed by atoms with Crippen LogP contribution >= 0.6 is 0 Å². The molecular formula is C13H17NO3S. The lowest BCUT2D eigenvalue weighted by molar-refractivity contribution is 0.0984. The van der Waals surface area contributed by atoms with Crippen molar-refractivity contribution in [3.8, 4) is 0 Å². The molecule has 0 N–H and O–H groups in total. The van der Waals surface area contributed by atoms with E-state index in [1.54, 1.807) is 24.3 Å². The molecule has 1 aromatic rings. The number of nitrogens with zero attached hydrogens (tertiary/aromatic N) is 1. The number of ketones is 1. The van der Waals surface area contributed by atoms with Gasteiger partial charge in [0, 0.05) is 18.5 Å². The van der Waals surface area contributed by atoms with Crippen LogP contribution in [0.15, 0.2) is 24.3 Å². The molecule has 1 aromatic carbocycles. The summed E-state index contributed by atoms with van der Waals surface area (Å²) in [6, 6.07) is 6.96. The van der Waals surface area contributed by atoms with Crippen LogP contribution in [0, 0.1) is 0 Å². The molecule has 18 heavy (non-hydrogen) atoms. The molecule has 0 fully saturated rings. The number of carbonyl (C=O) groups excluding carboxylic acids is 1. The van der Waals surface area contributed by atoms with E-state index >= 15 is 0 Å². The third-order valence-electron chi connectivity index (χ3n) is 3.04. The lowest BCUT2D eigenvalue weighted by Crippen LogP contribution is -2.33. The Balaban J connectivity index is 2.50. The van der Waals surface area contributed by atoms with Crippen molar-refractivity contribution in [1.29, 1.82) is 0 Å². The van der Waals surface area contributed by atoms with Gasteiger partial charge in [-0.05, 0) is 25.0 Å². The van der Waals surface area contributed by atoms with E-state index in [1.807, 2.05) is 6.92 Å². The van der Waals surface area contributed by atoms with Crippen molar-refractivity contribution >= 4 is 21.5 Å². The molecule has 0 amide bonds. The number of sulfonamides is 1. The van der Waals surface area contributed by atoms with Crippen molar-refractivity contribution in [3.05, 3.63) is 29.8 Å². The van der Waals surface area contributed by atoms with E-state index in [9.17, 15) is 13.2 Å². The highest BCUT2D eigenvalue weighted by Gasteiger charge is 2.27. The highest BCUT2D eigenvalue weighted by Crippen LogP contribution is 2.28. The Morgan fingerprint density at radius 1 is 1.28 bits per heavy atom. The van der Waals surface area contributed by atoms with E-state index in [0.29, 0.717) is 37.1 Å². The SMILES string of the molecule is CCCS(=O)(=O)N1CCCC(=O)c2ccccc21. The first kappa shape index (κ1) is 13.1. The summed E-state index contributed by atoms with van der Waals surface area (Å²) in [6.07, 6.45) is 1.57. The zero-order valence-corrected chi connectivity index (χ0v) is 11.2. The minimum Gasteiger partial charge on any atom is -0.294 e. The minimum atomic E-state index is -3.31. The fraction of sp³-hybridized carbons (Fsp3) is 0.462. The van der Waals surface area contributed by atoms with Gasteiger partial charge in [-0.1, -0.05) is 19.1 Å². The topological polar surface area (TPSA) is 54.5 Å². The van der Waals surface area contributed by atoms with Crippen LogP contribution in [0.3, 0.4) is 0 Å². The molecule has 0 saturated carbocycles. The standard InChI is InChI=1S/C13H17NO3S/c1-2-10-18(16,17)14-9-5-8-13(15)11-6-3-4-7-12(11)14/h3-4,6-7H,2,5,8-10H2,1H3. The Kier molecular flexibility index (Phi) is 3.71. The Morgan fingerprint density at radius 3 is 2.72 bits per heavy atom. The second kappa shape index (κ2) is 5.10. The maximum absolute atomic E-state index is 12.2. The van der Waals surface area contributed by atoms with Crippen molar-refractivity contribution < 1.29 is 13.2 Å². The minimum absolute atomic E-state index is 0.0276. The van der Waals surface area contributed by atoms with E-state index in [2.05, 4.69) is 0 Å². The third-order valence-corrected chi connectivity index (χ3v) is 5.01. The van der Waals surface area contributed by atoms with Gasteiger partial charge in [-0.2, -0.15) is 0 Å². The number of hydrogen-bond donors (Lipinski definition) is 0. The zero-order chi connectivity index (χ0) is 13.2. The third kappa shape index (κ3) is 2.41. The maximum atomic E-state index is 12.2. The summed E-state index contributed by atoms with van der Waals surface area (Å²) in [4.78, 5) is 11.9. The molecule has 1 aliphatic heterocycles. The molecule has 0 bridgehead atoms. The lowest BCUT2D eigenvalue weighted by Gasteiger charge is -2.23. The van der Waals surface area contributed by atoms with E-state index in [1.165, 1.54) is 4.31 Å². The van der Waals surface area contributed by atoms with Crippen LogP contribution in [-0.2, 0) is 10.0 Å². The normalized spacial score (nSPS) is 16.3. The van der Waals surface area contributed by atoms with Gasteiger partial charge in [0.15, 0.2) is 5.78 Å². The molecule has 0 radical (unpaired) electrons. The van der Waals surface area contributed by atoms with E-state index in [4.69, 9.17) is 0 Å². The summed E-state index contributed by atoms with van der Waals surface area (Å²) >= 11 is 0. The second-order valence-electron chi connectivity index (χ2n) is 4.43. The maximum Gasteiger partial charge on any atom is 0.235 e. The molecule has 2 rings (SSSR count). The molecule has 0 aromatic heterocycles. The van der Waals surface area contributed by atoms with Gasteiger partial charge < -0.3 is 0 Å². The number of carbonyl (C=O) groups is 1. The molecule has 0 unspecified atom stereocenters. The second-order valence-corrected chi connectivity index (χ2v) is 6.44. The van der Waals surface area contributed by atoms with Crippen LogP contribution in [0.2, 0.25) is 0 Å². The summed E-state index contributed by atoms with van der Waals surface area (Å²) < 4.78 is 25.8. The number of anilines is 1. The zero-order valence-electron chi connectivity index (χ0n) is 10.4. The Morgan fingerprint density at radius 2 is 2.00 bits per heavy atom. The molecule has 0 atom stereocenters. The monoisotopic (exact) mass is 267 g/mol.